The van der Waals surface area contributed by atoms with Crippen LogP contribution in [0.4, 0.5) is 0 Å². The Hall–Kier alpha value is -1.53. The number of thiazole rings is 1. The van der Waals surface area contributed by atoms with Crippen LogP contribution in [0.2, 0.25) is 0 Å². The summed E-state index contributed by atoms with van der Waals surface area (Å²) in [5.41, 5.74) is 2.10. The average Bonchev–Trinajstić information content (AvgIpc) is 3.36. The van der Waals surface area contributed by atoms with Crippen molar-refractivity contribution in [2.24, 2.45) is 5.92 Å². The number of aromatic nitrogens is 3. The number of hydrogen-bond donors (Lipinski definition) is 0. The molecule has 2 fully saturated rings. The molecule has 6 heteroatoms. The largest absolute Gasteiger partial charge is 0.299 e. The van der Waals surface area contributed by atoms with Crippen LogP contribution >= 0.6 is 11.3 Å². The van der Waals surface area contributed by atoms with Gasteiger partial charge in [-0.3, -0.25) is 14.3 Å². The molecule has 0 bridgehead atoms. The van der Waals surface area contributed by atoms with Crippen molar-refractivity contribution in [2.75, 3.05) is 13.1 Å². The van der Waals surface area contributed by atoms with Crippen LogP contribution in [0, 0.1) is 5.92 Å². The third-order valence-corrected chi connectivity index (χ3v) is 7.53. The Balaban J connectivity index is 1.28. The van der Waals surface area contributed by atoms with E-state index < -0.39 is 0 Å². The summed E-state index contributed by atoms with van der Waals surface area (Å²) in [6.07, 6.45) is 9.39. The van der Waals surface area contributed by atoms with E-state index in [0.717, 1.165) is 50.6 Å². The molecule has 5 nitrogen and oxygen atoms in total. The van der Waals surface area contributed by atoms with Crippen molar-refractivity contribution in [3.8, 4) is 0 Å². The molecule has 29 heavy (non-hydrogen) atoms. The molecule has 0 unspecified atom stereocenters. The van der Waals surface area contributed by atoms with Gasteiger partial charge < -0.3 is 0 Å². The molecular weight excluding hydrogens is 380 g/mol. The molecular formula is C23H34N4OS. The minimum absolute atomic E-state index is 0.0780. The van der Waals surface area contributed by atoms with E-state index in [9.17, 15) is 4.79 Å². The predicted molar refractivity (Wildman–Crippen MR) is 119 cm³/mol. The van der Waals surface area contributed by atoms with E-state index in [0.29, 0.717) is 5.92 Å². The maximum atomic E-state index is 12.5. The van der Waals surface area contributed by atoms with E-state index in [1.807, 2.05) is 11.3 Å². The molecule has 0 N–H and O–H groups in total. The first-order valence-corrected chi connectivity index (χ1v) is 12.0. The maximum Gasteiger partial charge on any atom is 0.253 e. The molecule has 1 saturated carbocycles. The van der Waals surface area contributed by atoms with E-state index in [2.05, 4.69) is 36.0 Å². The van der Waals surface area contributed by atoms with Crippen LogP contribution in [0.3, 0.4) is 0 Å². The molecule has 2 aromatic rings. The van der Waals surface area contributed by atoms with E-state index >= 15 is 0 Å². The van der Waals surface area contributed by atoms with Gasteiger partial charge in [-0.25, -0.2) is 9.97 Å². The molecule has 0 amide bonds. The van der Waals surface area contributed by atoms with E-state index in [4.69, 9.17) is 4.98 Å². The minimum atomic E-state index is -0.0864. The molecule has 3 heterocycles. The highest BCUT2D eigenvalue weighted by Crippen LogP contribution is 2.35. The standard InChI is InChI=1S/C23H34N4OS/c1-23(2,3)20-12-21(28)27(16-24-20)13-17-8-10-26(11-9-17)14-19-15-29-22(25-19)18-6-4-5-7-18/h12,15-18H,4-11,13-14H2,1-3H3. The number of nitrogens with zero attached hydrogens (tertiary/aromatic N) is 4. The second-order valence-electron chi connectivity index (χ2n) is 9.89. The third kappa shape index (κ3) is 5.15. The van der Waals surface area contributed by atoms with Gasteiger partial charge in [-0.1, -0.05) is 33.6 Å². The molecule has 2 aliphatic rings. The highest BCUT2D eigenvalue weighted by atomic mass is 32.1. The number of rotatable bonds is 5. The van der Waals surface area contributed by atoms with Crippen LogP contribution in [0.15, 0.2) is 22.6 Å². The molecule has 4 rings (SSSR count). The smallest absolute Gasteiger partial charge is 0.253 e. The normalized spacial score (nSPS) is 19.8. The zero-order valence-corrected chi connectivity index (χ0v) is 18.9. The van der Waals surface area contributed by atoms with E-state index in [1.165, 1.54) is 36.4 Å². The number of likely N-dealkylation sites (tertiary alicyclic amines) is 1. The lowest BCUT2D eigenvalue weighted by atomic mass is 9.92. The summed E-state index contributed by atoms with van der Waals surface area (Å²) in [7, 11) is 0. The summed E-state index contributed by atoms with van der Waals surface area (Å²) in [5.74, 6) is 1.27. The summed E-state index contributed by atoms with van der Waals surface area (Å²) in [5, 5.41) is 3.62. The topological polar surface area (TPSA) is 51.0 Å². The number of hydrogen-bond acceptors (Lipinski definition) is 5. The van der Waals surface area contributed by atoms with Crippen molar-refractivity contribution in [1.82, 2.24) is 19.4 Å². The zero-order chi connectivity index (χ0) is 20.4. The first-order valence-electron chi connectivity index (χ1n) is 11.1. The molecule has 0 radical (unpaired) electrons. The van der Waals surface area contributed by atoms with Gasteiger partial charge in [-0.15, -0.1) is 11.3 Å². The fraction of sp³-hybridized carbons (Fsp3) is 0.696. The van der Waals surface area contributed by atoms with Crippen LogP contribution in [-0.2, 0) is 18.5 Å². The molecule has 1 aliphatic heterocycles. The second kappa shape index (κ2) is 8.68. The first kappa shape index (κ1) is 20.7. The highest BCUT2D eigenvalue weighted by Gasteiger charge is 2.23. The van der Waals surface area contributed by atoms with Crippen LogP contribution in [0.5, 0.6) is 0 Å². The molecule has 0 atom stereocenters. The van der Waals surface area contributed by atoms with E-state index in [-0.39, 0.29) is 11.0 Å². The van der Waals surface area contributed by atoms with Crippen molar-refractivity contribution in [3.63, 3.8) is 0 Å². The Kier molecular flexibility index (Phi) is 6.21. The van der Waals surface area contributed by atoms with Gasteiger partial charge in [-0.2, -0.15) is 0 Å². The lowest BCUT2D eigenvalue weighted by Crippen LogP contribution is -2.36. The Morgan fingerprint density at radius 1 is 1.14 bits per heavy atom. The van der Waals surface area contributed by atoms with Gasteiger partial charge in [0.15, 0.2) is 0 Å². The van der Waals surface area contributed by atoms with Gasteiger partial charge in [0.2, 0.25) is 0 Å². The molecule has 158 valence electrons. The van der Waals surface area contributed by atoms with Crippen molar-refractivity contribution in [3.05, 3.63) is 44.5 Å². The quantitative estimate of drug-likeness (QED) is 0.719. The molecule has 1 saturated heterocycles. The van der Waals surface area contributed by atoms with Crippen molar-refractivity contribution < 1.29 is 0 Å². The minimum Gasteiger partial charge on any atom is -0.299 e. The average molecular weight is 415 g/mol. The Bertz CT molecular complexity index is 867. The Morgan fingerprint density at radius 2 is 1.86 bits per heavy atom. The fourth-order valence-corrected chi connectivity index (χ4v) is 5.55. The van der Waals surface area contributed by atoms with Crippen LogP contribution in [0.1, 0.15) is 81.6 Å². The first-order chi connectivity index (χ1) is 13.9. The van der Waals surface area contributed by atoms with Gasteiger partial charge in [0.1, 0.15) is 0 Å². The molecule has 1 aliphatic carbocycles. The van der Waals surface area contributed by atoms with Crippen LogP contribution in [0.25, 0.3) is 0 Å². The summed E-state index contributed by atoms with van der Waals surface area (Å²) in [4.78, 5) is 24.5. The van der Waals surface area contributed by atoms with Crippen LogP contribution < -0.4 is 5.56 Å². The Morgan fingerprint density at radius 3 is 2.52 bits per heavy atom. The molecule has 2 aromatic heterocycles. The summed E-state index contributed by atoms with van der Waals surface area (Å²) in [6, 6.07) is 1.71. The highest BCUT2D eigenvalue weighted by molar-refractivity contribution is 7.09. The van der Waals surface area contributed by atoms with Crippen molar-refractivity contribution >= 4 is 11.3 Å². The SMILES string of the molecule is CC(C)(C)c1cc(=O)n(CC2CCN(Cc3csc(C4CCCC4)n3)CC2)cn1. The van der Waals surface area contributed by atoms with Gasteiger partial charge in [0.25, 0.3) is 5.56 Å². The van der Waals surface area contributed by atoms with Crippen molar-refractivity contribution in [2.45, 2.75) is 83.7 Å². The van der Waals surface area contributed by atoms with Gasteiger partial charge in [0, 0.05) is 35.9 Å². The molecule has 0 aromatic carbocycles. The second-order valence-corrected chi connectivity index (χ2v) is 10.8. The summed E-state index contributed by atoms with van der Waals surface area (Å²) >= 11 is 1.86. The zero-order valence-electron chi connectivity index (χ0n) is 18.1. The van der Waals surface area contributed by atoms with Gasteiger partial charge in [-0.05, 0) is 44.7 Å². The predicted octanol–water partition coefficient (Wildman–Crippen LogP) is 4.57. The monoisotopic (exact) mass is 414 g/mol. The Labute approximate surface area is 178 Å². The number of piperidine rings is 1. The summed E-state index contributed by atoms with van der Waals surface area (Å²) < 4.78 is 1.80. The summed E-state index contributed by atoms with van der Waals surface area (Å²) in [6.45, 7) is 10.2. The van der Waals surface area contributed by atoms with Gasteiger partial charge in [0.05, 0.1) is 22.7 Å². The lowest BCUT2D eigenvalue weighted by molar-refractivity contribution is 0.165. The van der Waals surface area contributed by atoms with Crippen molar-refractivity contribution in [1.29, 1.82) is 0 Å². The maximum absolute atomic E-state index is 12.5. The van der Waals surface area contributed by atoms with E-state index in [1.54, 1.807) is 17.0 Å². The van der Waals surface area contributed by atoms with Gasteiger partial charge >= 0.3 is 0 Å². The lowest BCUT2D eigenvalue weighted by Gasteiger charge is -2.31. The van der Waals surface area contributed by atoms with Crippen LogP contribution in [-0.4, -0.2) is 32.5 Å². The third-order valence-electron chi connectivity index (χ3n) is 6.47. The fourth-order valence-electron chi connectivity index (χ4n) is 4.56. The molecule has 0 spiro atoms.